The van der Waals surface area contributed by atoms with Crippen LogP contribution in [0.15, 0.2) is 0 Å². The molecule has 0 aromatic heterocycles. The summed E-state index contributed by atoms with van der Waals surface area (Å²) in [5, 5.41) is 0. The lowest BCUT2D eigenvalue weighted by Crippen LogP contribution is -2.48. The molecule has 0 spiro atoms. The van der Waals surface area contributed by atoms with Gasteiger partial charge in [-0.1, -0.05) is 13.8 Å². The molecule has 0 N–H and O–H groups in total. The SMILES string of the molecule is CCC(C)C(=O)OC1(C)C2CC3C(=O)OC1C3C2. The van der Waals surface area contributed by atoms with Crippen LogP contribution in [-0.4, -0.2) is 23.6 Å². The molecule has 2 saturated carbocycles. The zero-order valence-corrected chi connectivity index (χ0v) is 11.1. The average molecular weight is 252 g/mol. The summed E-state index contributed by atoms with van der Waals surface area (Å²) in [5.41, 5.74) is -0.589. The molecule has 6 unspecified atom stereocenters. The Morgan fingerprint density at radius 2 is 2.28 bits per heavy atom. The van der Waals surface area contributed by atoms with Crippen molar-refractivity contribution in [3.63, 3.8) is 0 Å². The Hall–Kier alpha value is -1.06. The average Bonchev–Trinajstić information content (AvgIpc) is 2.93. The highest BCUT2D eigenvalue weighted by atomic mass is 16.6. The van der Waals surface area contributed by atoms with Gasteiger partial charge in [-0.2, -0.15) is 0 Å². The van der Waals surface area contributed by atoms with Gasteiger partial charge in [-0.15, -0.1) is 0 Å². The van der Waals surface area contributed by atoms with Gasteiger partial charge in [0.1, 0.15) is 11.7 Å². The fourth-order valence-corrected chi connectivity index (χ4v) is 3.84. The molecule has 1 aliphatic heterocycles. The van der Waals surface area contributed by atoms with Crippen LogP contribution in [0.1, 0.15) is 40.0 Å². The van der Waals surface area contributed by atoms with E-state index in [1.54, 1.807) is 0 Å². The van der Waals surface area contributed by atoms with Crippen molar-refractivity contribution in [3.8, 4) is 0 Å². The van der Waals surface area contributed by atoms with E-state index in [0.717, 1.165) is 19.3 Å². The first kappa shape index (κ1) is 12.0. The summed E-state index contributed by atoms with van der Waals surface area (Å²) in [6, 6.07) is 0. The minimum atomic E-state index is -0.589. The van der Waals surface area contributed by atoms with Gasteiger partial charge in [0.2, 0.25) is 0 Å². The number of esters is 2. The number of ether oxygens (including phenoxy) is 2. The molecule has 1 heterocycles. The Labute approximate surface area is 107 Å². The summed E-state index contributed by atoms with van der Waals surface area (Å²) in [5.74, 6) is 0.293. The third-order valence-corrected chi connectivity index (χ3v) is 5.26. The fourth-order valence-electron chi connectivity index (χ4n) is 3.84. The lowest BCUT2D eigenvalue weighted by molar-refractivity contribution is -0.183. The van der Waals surface area contributed by atoms with Gasteiger partial charge in [-0.3, -0.25) is 9.59 Å². The molecule has 0 aromatic carbocycles. The van der Waals surface area contributed by atoms with Crippen LogP contribution in [0.4, 0.5) is 0 Å². The first-order valence-electron chi connectivity index (χ1n) is 6.90. The van der Waals surface area contributed by atoms with Crippen LogP contribution in [0, 0.1) is 23.7 Å². The largest absolute Gasteiger partial charge is 0.458 e. The van der Waals surface area contributed by atoms with E-state index in [9.17, 15) is 9.59 Å². The van der Waals surface area contributed by atoms with Crippen molar-refractivity contribution in [2.75, 3.05) is 0 Å². The molecule has 0 radical (unpaired) electrons. The molecule has 3 aliphatic rings. The lowest BCUT2D eigenvalue weighted by atomic mass is 9.79. The van der Waals surface area contributed by atoms with Crippen molar-refractivity contribution >= 4 is 11.9 Å². The van der Waals surface area contributed by atoms with Gasteiger partial charge >= 0.3 is 11.9 Å². The minimum absolute atomic E-state index is 0.0652. The predicted octanol–water partition coefficient (Wildman–Crippen LogP) is 1.92. The molecule has 0 amide bonds. The van der Waals surface area contributed by atoms with Crippen LogP contribution < -0.4 is 0 Å². The maximum absolute atomic E-state index is 12.0. The molecule has 2 aliphatic carbocycles. The molecule has 18 heavy (non-hydrogen) atoms. The van der Waals surface area contributed by atoms with Crippen molar-refractivity contribution in [2.24, 2.45) is 23.7 Å². The summed E-state index contributed by atoms with van der Waals surface area (Å²) in [7, 11) is 0. The Balaban J connectivity index is 1.80. The Morgan fingerprint density at radius 3 is 2.94 bits per heavy atom. The number of hydrogen-bond donors (Lipinski definition) is 0. The minimum Gasteiger partial charge on any atom is -0.458 e. The molecule has 2 bridgehead atoms. The van der Waals surface area contributed by atoms with E-state index in [-0.39, 0.29) is 41.7 Å². The van der Waals surface area contributed by atoms with E-state index in [2.05, 4.69) is 0 Å². The molecule has 1 saturated heterocycles. The summed E-state index contributed by atoms with van der Waals surface area (Å²) in [6.45, 7) is 5.79. The number of fused-ring (bicyclic) bond motifs is 1. The van der Waals surface area contributed by atoms with Crippen LogP contribution in [0.5, 0.6) is 0 Å². The smallest absolute Gasteiger partial charge is 0.309 e. The number of rotatable bonds is 3. The van der Waals surface area contributed by atoms with E-state index in [4.69, 9.17) is 9.47 Å². The summed E-state index contributed by atoms with van der Waals surface area (Å²) in [6.07, 6.45) is 2.35. The number of carbonyl (C=O) groups excluding carboxylic acids is 2. The number of hydrogen-bond acceptors (Lipinski definition) is 4. The topological polar surface area (TPSA) is 52.6 Å². The van der Waals surface area contributed by atoms with Crippen molar-refractivity contribution in [2.45, 2.75) is 51.7 Å². The van der Waals surface area contributed by atoms with E-state index in [0.29, 0.717) is 0 Å². The molecule has 3 fully saturated rings. The van der Waals surface area contributed by atoms with Crippen LogP contribution in [0.25, 0.3) is 0 Å². The molecule has 3 rings (SSSR count). The molecule has 4 nitrogen and oxygen atoms in total. The normalized spacial score (nSPS) is 46.1. The highest BCUT2D eigenvalue weighted by Gasteiger charge is 2.69. The first-order valence-corrected chi connectivity index (χ1v) is 6.90. The first-order chi connectivity index (χ1) is 8.47. The lowest BCUT2D eigenvalue weighted by Gasteiger charge is -2.36. The maximum Gasteiger partial charge on any atom is 0.309 e. The van der Waals surface area contributed by atoms with E-state index in [1.165, 1.54) is 0 Å². The van der Waals surface area contributed by atoms with Gasteiger partial charge in [0.15, 0.2) is 0 Å². The predicted molar refractivity (Wildman–Crippen MR) is 63.5 cm³/mol. The second kappa shape index (κ2) is 3.72. The monoisotopic (exact) mass is 252 g/mol. The van der Waals surface area contributed by atoms with Crippen molar-refractivity contribution in [1.29, 1.82) is 0 Å². The number of carbonyl (C=O) groups is 2. The Kier molecular flexibility index (Phi) is 2.48. The second-order valence-corrected chi connectivity index (χ2v) is 6.21. The van der Waals surface area contributed by atoms with Gasteiger partial charge in [0.25, 0.3) is 0 Å². The second-order valence-electron chi connectivity index (χ2n) is 6.21. The summed E-state index contributed by atoms with van der Waals surface area (Å²) < 4.78 is 11.2. The molecule has 6 atom stereocenters. The molecule has 100 valence electrons. The Morgan fingerprint density at radius 1 is 1.56 bits per heavy atom. The quantitative estimate of drug-likeness (QED) is 0.720. The standard InChI is InChI=1S/C14H20O4/c1-4-7(2)12(15)18-14(3)8-5-9-10(6-8)13(16)17-11(9)14/h7-11H,4-6H2,1-3H3. The van der Waals surface area contributed by atoms with Crippen LogP contribution in [0.3, 0.4) is 0 Å². The third kappa shape index (κ3) is 1.38. The van der Waals surface area contributed by atoms with Crippen molar-refractivity contribution in [1.82, 2.24) is 0 Å². The highest BCUT2D eigenvalue weighted by Crippen LogP contribution is 2.60. The van der Waals surface area contributed by atoms with Gasteiger partial charge in [-0.05, 0) is 26.2 Å². The van der Waals surface area contributed by atoms with Crippen molar-refractivity contribution in [3.05, 3.63) is 0 Å². The zero-order chi connectivity index (χ0) is 13.1. The Bertz CT molecular complexity index is 405. The maximum atomic E-state index is 12.0. The van der Waals surface area contributed by atoms with Crippen LogP contribution >= 0.6 is 0 Å². The molecular formula is C14H20O4. The van der Waals surface area contributed by atoms with Gasteiger partial charge < -0.3 is 9.47 Å². The summed E-state index contributed by atoms with van der Waals surface area (Å²) in [4.78, 5) is 23.7. The van der Waals surface area contributed by atoms with E-state index >= 15 is 0 Å². The van der Waals surface area contributed by atoms with Gasteiger partial charge in [0, 0.05) is 11.8 Å². The highest BCUT2D eigenvalue weighted by molar-refractivity contribution is 5.78. The van der Waals surface area contributed by atoms with Crippen molar-refractivity contribution < 1.29 is 19.1 Å². The fraction of sp³-hybridized carbons (Fsp3) is 0.857. The zero-order valence-electron chi connectivity index (χ0n) is 11.1. The van der Waals surface area contributed by atoms with Crippen LogP contribution in [-0.2, 0) is 19.1 Å². The third-order valence-electron chi connectivity index (χ3n) is 5.26. The molecule has 0 aromatic rings. The van der Waals surface area contributed by atoms with Crippen LogP contribution in [0.2, 0.25) is 0 Å². The molecular weight excluding hydrogens is 232 g/mol. The van der Waals surface area contributed by atoms with E-state index < -0.39 is 5.60 Å². The summed E-state index contributed by atoms with van der Waals surface area (Å²) >= 11 is 0. The van der Waals surface area contributed by atoms with E-state index in [1.807, 2.05) is 20.8 Å². The van der Waals surface area contributed by atoms with Gasteiger partial charge in [-0.25, -0.2) is 0 Å². The van der Waals surface area contributed by atoms with Gasteiger partial charge in [0.05, 0.1) is 11.8 Å². The molecule has 4 heteroatoms.